The minimum atomic E-state index is -0.188. The standard InChI is InChI=1S/C20H27FN4/c1-25(19-6-3-2-4-7-19)13-5-12-22-14-17-15-23-24-20(17)16-8-10-18(21)11-9-16/h2-4,6-11,17,20,22-24H,5,12-15H2,1H3. The first-order valence-corrected chi connectivity index (χ1v) is 8.95. The summed E-state index contributed by atoms with van der Waals surface area (Å²) < 4.78 is 13.1. The molecule has 0 amide bonds. The molecule has 0 bridgehead atoms. The number of hydrazine groups is 1. The highest BCUT2D eigenvalue weighted by Crippen LogP contribution is 2.24. The lowest BCUT2D eigenvalue weighted by Crippen LogP contribution is -2.30. The average Bonchev–Trinajstić information content (AvgIpc) is 3.11. The Morgan fingerprint density at radius 2 is 1.88 bits per heavy atom. The van der Waals surface area contributed by atoms with Crippen molar-refractivity contribution in [1.29, 1.82) is 0 Å². The van der Waals surface area contributed by atoms with Crippen LogP contribution in [-0.4, -0.2) is 33.2 Å². The summed E-state index contributed by atoms with van der Waals surface area (Å²) in [5.74, 6) is 0.268. The molecule has 0 radical (unpaired) electrons. The molecule has 1 aliphatic rings. The van der Waals surface area contributed by atoms with Gasteiger partial charge in [-0.25, -0.2) is 9.82 Å². The molecule has 25 heavy (non-hydrogen) atoms. The van der Waals surface area contributed by atoms with Crippen LogP contribution in [0.3, 0.4) is 0 Å². The summed E-state index contributed by atoms with van der Waals surface area (Å²) in [5.41, 5.74) is 8.91. The molecule has 0 aliphatic carbocycles. The zero-order valence-corrected chi connectivity index (χ0v) is 14.7. The van der Waals surface area contributed by atoms with E-state index in [-0.39, 0.29) is 11.9 Å². The minimum Gasteiger partial charge on any atom is -0.375 e. The van der Waals surface area contributed by atoms with Gasteiger partial charge in [0.2, 0.25) is 0 Å². The Balaban J connectivity index is 1.39. The average molecular weight is 342 g/mol. The Morgan fingerprint density at radius 1 is 1.12 bits per heavy atom. The van der Waals surface area contributed by atoms with Gasteiger partial charge in [-0.1, -0.05) is 30.3 Å². The van der Waals surface area contributed by atoms with E-state index in [0.717, 1.165) is 38.2 Å². The van der Waals surface area contributed by atoms with E-state index < -0.39 is 0 Å². The van der Waals surface area contributed by atoms with Gasteiger partial charge in [-0.2, -0.15) is 0 Å². The van der Waals surface area contributed by atoms with Gasteiger partial charge in [-0.05, 0) is 42.8 Å². The van der Waals surface area contributed by atoms with Gasteiger partial charge >= 0.3 is 0 Å². The number of halogens is 1. The van der Waals surface area contributed by atoms with Gasteiger partial charge in [-0.3, -0.25) is 5.43 Å². The first-order chi connectivity index (χ1) is 12.2. The first-order valence-electron chi connectivity index (χ1n) is 8.95. The number of hydrogen-bond acceptors (Lipinski definition) is 4. The predicted octanol–water partition coefficient (Wildman–Crippen LogP) is 2.71. The molecule has 4 nitrogen and oxygen atoms in total. The molecule has 2 unspecified atom stereocenters. The lowest BCUT2D eigenvalue weighted by molar-refractivity contribution is 0.440. The van der Waals surface area contributed by atoms with Crippen LogP contribution in [0.4, 0.5) is 10.1 Å². The summed E-state index contributed by atoms with van der Waals surface area (Å²) in [5, 5.41) is 3.56. The maximum Gasteiger partial charge on any atom is 0.123 e. The fourth-order valence-corrected chi connectivity index (χ4v) is 3.29. The van der Waals surface area contributed by atoms with Crippen molar-refractivity contribution >= 4 is 5.69 Å². The summed E-state index contributed by atoms with van der Waals surface area (Å²) in [6.07, 6.45) is 1.10. The van der Waals surface area contributed by atoms with Crippen molar-refractivity contribution in [3.8, 4) is 0 Å². The molecule has 3 rings (SSSR count). The summed E-state index contributed by atoms with van der Waals surface area (Å²) in [6, 6.07) is 17.5. The quantitative estimate of drug-likeness (QED) is 0.645. The number of rotatable bonds is 8. The van der Waals surface area contributed by atoms with Crippen molar-refractivity contribution in [3.63, 3.8) is 0 Å². The van der Waals surface area contributed by atoms with Crippen LogP contribution in [0.15, 0.2) is 54.6 Å². The molecule has 2 aromatic rings. The van der Waals surface area contributed by atoms with E-state index in [2.05, 4.69) is 52.4 Å². The molecule has 134 valence electrons. The number of nitrogens with one attached hydrogen (secondary N) is 3. The molecular formula is C20H27FN4. The predicted molar refractivity (Wildman–Crippen MR) is 101 cm³/mol. The summed E-state index contributed by atoms with van der Waals surface area (Å²) in [6.45, 7) is 3.87. The molecule has 0 spiro atoms. The molecule has 5 heteroatoms. The van der Waals surface area contributed by atoms with Gasteiger partial charge in [0.1, 0.15) is 5.82 Å². The lowest BCUT2D eigenvalue weighted by atomic mass is 9.95. The second-order valence-electron chi connectivity index (χ2n) is 6.63. The van der Waals surface area contributed by atoms with Crippen LogP contribution in [0.2, 0.25) is 0 Å². The van der Waals surface area contributed by atoms with Gasteiger partial charge in [0.05, 0.1) is 6.04 Å². The van der Waals surface area contributed by atoms with Crippen molar-refractivity contribution in [2.24, 2.45) is 5.92 Å². The second kappa shape index (κ2) is 8.94. The van der Waals surface area contributed by atoms with Gasteiger partial charge in [0, 0.05) is 38.3 Å². The third kappa shape index (κ3) is 5.01. The van der Waals surface area contributed by atoms with Crippen LogP contribution >= 0.6 is 0 Å². The fourth-order valence-electron chi connectivity index (χ4n) is 3.29. The van der Waals surface area contributed by atoms with Crippen LogP contribution in [0.25, 0.3) is 0 Å². The molecule has 1 saturated heterocycles. The summed E-state index contributed by atoms with van der Waals surface area (Å²) in [4.78, 5) is 2.28. The Kier molecular flexibility index (Phi) is 6.39. The third-order valence-electron chi connectivity index (χ3n) is 4.77. The number of nitrogens with zero attached hydrogens (tertiary/aromatic N) is 1. The number of benzene rings is 2. The second-order valence-corrected chi connectivity index (χ2v) is 6.63. The highest BCUT2D eigenvalue weighted by Gasteiger charge is 2.27. The highest BCUT2D eigenvalue weighted by molar-refractivity contribution is 5.44. The van der Waals surface area contributed by atoms with Crippen LogP contribution in [0, 0.1) is 11.7 Å². The van der Waals surface area contributed by atoms with Crippen molar-refractivity contribution < 1.29 is 4.39 Å². The van der Waals surface area contributed by atoms with Gasteiger partial charge in [0.25, 0.3) is 0 Å². The highest BCUT2D eigenvalue weighted by atomic mass is 19.1. The molecule has 3 N–H and O–H groups in total. The molecular weight excluding hydrogens is 315 g/mol. The molecule has 1 fully saturated rings. The van der Waals surface area contributed by atoms with Gasteiger partial charge in [-0.15, -0.1) is 0 Å². The number of anilines is 1. The maximum atomic E-state index is 13.1. The molecule has 2 atom stereocenters. The van der Waals surface area contributed by atoms with E-state index in [4.69, 9.17) is 0 Å². The number of hydrogen-bond donors (Lipinski definition) is 3. The van der Waals surface area contributed by atoms with Crippen LogP contribution in [0.5, 0.6) is 0 Å². The van der Waals surface area contributed by atoms with Crippen molar-refractivity contribution in [3.05, 3.63) is 66.0 Å². The molecule has 0 aromatic heterocycles. The van der Waals surface area contributed by atoms with Crippen LogP contribution < -0.4 is 21.1 Å². The Bertz CT molecular complexity index is 632. The molecule has 1 heterocycles. The monoisotopic (exact) mass is 342 g/mol. The lowest BCUT2D eigenvalue weighted by Gasteiger charge is -2.21. The van der Waals surface area contributed by atoms with Crippen LogP contribution in [0.1, 0.15) is 18.0 Å². The first kappa shape index (κ1) is 17.9. The smallest absolute Gasteiger partial charge is 0.123 e. The Labute approximate surface area is 149 Å². The normalized spacial score (nSPS) is 19.9. The summed E-state index contributed by atoms with van der Waals surface area (Å²) >= 11 is 0. The van der Waals surface area contributed by atoms with Crippen LogP contribution in [-0.2, 0) is 0 Å². The van der Waals surface area contributed by atoms with Crippen molar-refractivity contribution in [1.82, 2.24) is 16.2 Å². The van der Waals surface area contributed by atoms with Crippen molar-refractivity contribution in [2.45, 2.75) is 12.5 Å². The van der Waals surface area contributed by atoms with E-state index in [1.54, 1.807) is 0 Å². The van der Waals surface area contributed by atoms with E-state index >= 15 is 0 Å². The van der Waals surface area contributed by atoms with E-state index in [0.29, 0.717) is 5.92 Å². The molecule has 1 aliphatic heterocycles. The third-order valence-corrected chi connectivity index (χ3v) is 4.77. The van der Waals surface area contributed by atoms with Crippen molar-refractivity contribution in [2.75, 3.05) is 38.1 Å². The molecule has 0 saturated carbocycles. The SMILES string of the molecule is CN(CCCNCC1CNNC1c1ccc(F)cc1)c1ccccc1. The molecule has 2 aromatic carbocycles. The van der Waals surface area contributed by atoms with Gasteiger partial charge < -0.3 is 10.2 Å². The van der Waals surface area contributed by atoms with E-state index in [1.807, 2.05) is 18.2 Å². The maximum absolute atomic E-state index is 13.1. The van der Waals surface area contributed by atoms with E-state index in [1.165, 1.54) is 17.8 Å². The zero-order valence-electron chi connectivity index (χ0n) is 14.7. The summed E-state index contributed by atoms with van der Waals surface area (Å²) in [7, 11) is 2.13. The largest absolute Gasteiger partial charge is 0.375 e. The topological polar surface area (TPSA) is 39.3 Å². The Morgan fingerprint density at radius 3 is 2.64 bits per heavy atom. The van der Waals surface area contributed by atoms with E-state index in [9.17, 15) is 4.39 Å². The zero-order chi connectivity index (χ0) is 17.5. The fraction of sp³-hybridized carbons (Fsp3) is 0.400. The minimum absolute atomic E-state index is 0.188. The number of para-hydroxylation sites is 1. The Hall–Kier alpha value is -1.95. The van der Waals surface area contributed by atoms with Gasteiger partial charge in [0.15, 0.2) is 0 Å².